The van der Waals surface area contributed by atoms with Crippen molar-refractivity contribution in [3.8, 4) is 11.4 Å². The Balaban J connectivity index is 1.86. The molecule has 0 saturated carbocycles. The molecule has 0 aromatic carbocycles. The maximum absolute atomic E-state index is 10.6. The quantitative estimate of drug-likeness (QED) is 0.879. The fourth-order valence-electron chi connectivity index (χ4n) is 1.22. The zero-order valence-corrected chi connectivity index (χ0v) is 11.3. The summed E-state index contributed by atoms with van der Waals surface area (Å²) in [7, 11) is 0. The Morgan fingerprint density at radius 2 is 2.50 bits per heavy atom. The fourth-order valence-corrected chi connectivity index (χ4v) is 2.76. The molecule has 2 aromatic rings. The van der Waals surface area contributed by atoms with Crippen LogP contribution in [-0.4, -0.2) is 27.0 Å². The van der Waals surface area contributed by atoms with Gasteiger partial charge in [-0.25, -0.2) is 0 Å². The molecule has 0 saturated heterocycles. The highest BCUT2D eigenvalue weighted by Crippen LogP contribution is 2.21. The van der Waals surface area contributed by atoms with E-state index < -0.39 is 5.97 Å². The molecule has 0 aliphatic carbocycles. The monoisotopic (exact) mass is 284 g/mol. The highest BCUT2D eigenvalue weighted by Gasteiger charge is 2.13. The van der Waals surface area contributed by atoms with E-state index in [4.69, 9.17) is 9.63 Å². The third-order valence-corrected chi connectivity index (χ3v) is 4.13. The average Bonchev–Trinajstić information content (AvgIpc) is 2.98. The summed E-state index contributed by atoms with van der Waals surface area (Å²) in [6.45, 7) is 1.68. The van der Waals surface area contributed by atoms with Crippen molar-refractivity contribution in [3.05, 3.63) is 22.7 Å². The molecule has 0 radical (unpaired) electrons. The van der Waals surface area contributed by atoms with Crippen LogP contribution in [0.2, 0.25) is 0 Å². The van der Waals surface area contributed by atoms with E-state index >= 15 is 0 Å². The first-order valence-electron chi connectivity index (χ1n) is 5.32. The lowest BCUT2D eigenvalue weighted by atomic mass is 10.2. The van der Waals surface area contributed by atoms with Gasteiger partial charge in [-0.15, -0.1) is 0 Å². The van der Waals surface area contributed by atoms with Crippen molar-refractivity contribution in [2.45, 2.75) is 12.7 Å². The third-order valence-electron chi connectivity index (χ3n) is 2.26. The van der Waals surface area contributed by atoms with Crippen molar-refractivity contribution >= 4 is 29.1 Å². The molecule has 0 aliphatic heterocycles. The summed E-state index contributed by atoms with van der Waals surface area (Å²) in [5.74, 6) is 1.03. The molecule has 1 N–H and O–H groups in total. The SMILES string of the molecule is CC(CSCc1nc(-c2ccsc2)no1)C(=O)O. The van der Waals surface area contributed by atoms with Gasteiger partial charge in [0.2, 0.25) is 11.7 Å². The molecule has 0 bridgehead atoms. The Morgan fingerprint density at radius 1 is 1.67 bits per heavy atom. The minimum absolute atomic E-state index is 0.366. The lowest BCUT2D eigenvalue weighted by Crippen LogP contribution is -2.11. The minimum Gasteiger partial charge on any atom is -0.481 e. The van der Waals surface area contributed by atoms with Crippen LogP contribution in [0.4, 0.5) is 0 Å². The number of hydrogen-bond donors (Lipinski definition) is 1. The van der Waals surface area contributed by atoms with E-state index in [-0.39, 0.29) is 5.92 Å². The van der Waals surface area contributed by atoms with Crippen molar-refractivity contribution in [2.75, 3.05) is 5.75 Å². The number of carbonyl (C=O) groups is 1. The van der Waals surface area contributed by atoms with Crippen molar-refractivity contribution in [1.29, 1.82) is 0 Å². The maximum atomic E-state index is 10.6. The van der Waals surface area contributed by atoms with Crippen molar-refractivity contribution < 1.29 is 14.4 Å². The number of carboxylic acids is 1. The van der Waals surface area contributed by atoms with Gasteiger partial charge < -0.3 is 9.63 Å². The summed E-state index contributed by atoms with van der Waals surface area (Å²) in [6, 6.07) is 1.93. The number of hydrogen-bond acceptors (Lipinski definition) is 6. The first kappa shape index (κ1) is 13.1. The second-order valence-corrected chi connectivity index (χ2v) is 5.59. The van der Waals surface area contributed by atoms with Gasteiger partial charge in [0.25, 0.3) is 0 Å². The van der Waals surface area contributed by atoms with Crippen molar-refractivity contribution in [1.82, 2.24) is 10.1 Å². The zero-order valence-electron chi connectivity index (χ0n) is 9.70. The first-order chi connectivity index (χ1) is 8.66. The second kappa shape index (κ2) is 6.01. The van der Waals surface area contributed by atoms with E-state index in [0.29, 0.717) is 23.2 Å². The second-order valence-electron chi connectivity index (χ2n) is 3.78. The number of thiophene rings is 1. The van der Waals surface area contributed by atoms with Crippen LogP contribution in [0.5, 0.6) is 0 Å². The van der Waals surface area contributed by atoms with Gasteiger partial charge in [0.05, 0.1) is 11.7 Å². The van der Waals surface area contributed by atoms with Gasteiger partial charge in [0.1, 0.15) is 0 Å². The summed E-state index contributed by atoms with van der Waals surface area (Å²) in [4.78, 5) is 14.9. The van der Waals surface area contributed by atoms with Crippen LogP contribution in [0.3, 0.4) is 0 Å². The first-order valence-corrected chi connectivity index (χ1v) is 7.42. The van der Waals surface area contributed by atoms with E-state index in [1.807, 2.05) is 16.8 Å². The molecule has 18 heavy (non-hydrogen) atoms. The molecule has 5 nitrogen and oxygen atoms in total. The predicted molar refractivity (Wildman–Crippen MR) is 70.6 cm³/mol. The lowest BCUT2D eigenvalue weighted by molar-refractivity contribution is -0.140. The number of nitrogens with zero attached hydrogens (tertiary/aromatic N) is 2. The Bertz CT molecular complexity index is 510. The molecular weight excluding hydrogens is 272 g/mol. The minimum atomic E-state index is -0.785. The molecule has 0 amide bonds. The van der Waals surface area contributed by atoms with Crippen LogP contribution < -0.4 is 0 Å². The summed E-state index contributed by atoms with van der Waals surface area (Å²) in [6.07, 6.45) is 0. The standard InChI is InChI=1S/C11H12N2O3S2/c1-7(11(14)15)4-18-6-9-12-10(13-16-9)8-2-3-17-5-8/h2-3,5,7H,4,6H2,1H3,(H,14,15). The highest BCUT2D eigenvalue weighted by atomic mass is 32.2. The van der Waals surface area contributed by atoms with E-state index in [2.05, 4.69) is 10.1 Å². The summed E-state index contributed by atoms with van der Waals surface area (Å²) < 4.78 is 5.11. The summed E-state index contributed by atoms with van der Waals surface area (Å²) in [5.41, 5.74) is 0.943. The van der Waals surface area contributed by atoms with Gasteiger partial charge in [-0.1, -0.05) is 12.1 Å². The van der Waals surface area contributed by atoms with Gasteiger partial charge in [0.15, 0.2) is 0 Å². The molecule has 2 rings (SSSR count). The number of carboxylic acid groups (broad SMARTS) is 1. The van der Waals surface area contributed by atoms with Crippen LogP contribution >= 0.6 is 23.1 Å². The van der Waals surface area contributed by atoms with E-state index in [9.17, 15) is 4.79 Å². The van der Waals surface area contributed by atoms with Crippen LogP contribution in [0.25, 0.3) is 11.4 Å². The highest BCUT2D eigenvalue weighted by molar-refractivity contribution is 7.98. The molecule has 1 unspecified atom stereocenters. The Hall–Kier alpha value is -1.34. The van der Waals surface area contributed by atoms with E-state index in [1.54, 1.807) is 18.3 Å². The molecule has 2 aromatic heterocycles. The molecule has 0 fully saturated rings. The molecule has 0 aliphatic rings. The number of thioether (sulfide) groups is 1. The molecule has 2 heterocycles. The fraction of sp³-hybridized carbons (Fsp3) is 0.364. The normalized spacial score (nSPS) is 12.5. The van der Waals surface area contributed by atoms with Crippen LogP contribution in [0.1, 0.15) is 12.8 Å². The van der Waals surface area contributed by atoms with Gasteiger partial charge in [-0.2, -0.15) is 28.1 Å². The van der Waals surface area contributed by atoms with E-state index in [0.717, 1.165) is 5.56 Å². The molecule has 96 valence electrons. The molecule has 1 atom stereocenters. The Kier molecular flexibility index (Phi) is 4.38. The molecule has 7 heteroatoms. The largest absolute Gasteiger partial charge is 0.481 e. The van der Waals surface area contributed by atoms with E-state index in [1.165, 1.54) is 11.8 Å². The maximum Gasteiger partial charge on any atom is 0.307 e. The number of aromatic nitrogens is 2. The third kappa shape index (κ3) is 3.33. The Labute approximate surface area is 112 Å². The Morgan fingerprint density at radius 3 is 3.17 bits per heavy atom. The van der Waals surface area contributed by atoms with Crippen LogP contribution in [0, 0.1) is 5.92 Å². The van der Waals surface area contributed by atoms with Gasteiger partial charge >= 0.3 is 5.97 Å². The topological polar surface area (TPSA) is 76.2 Å². The van der Waals surface area contributed by atoms with Gasteiger partial charge in [-0.05, 0) is 11.4 Å². The summed E-state index contributed by atoms with van der Waals surface area (Å²) in [5, 5.41) is 16.5. The molecule has 0 spiro atoms. The number of aliphatic carboxylic acids is 1. The van der Waals surface area contributed by atoms with Crippen LogP contribution in [-0.2, 0) is 10.5 Å². The number of rotatable bonds is 6. The lowest BCUT2D eigenvalue weighted by Gasteiger charge is -2.02. The van der Waals surface area contributed by atoms with Crippen molar-refractivity contribution in [3.63, 3.8) is 0 Å². The average molecular weight is 284 g/mol. The summed E-state index contributed by atoms with van der Waals surface area (Å²) >= 11 is 3.06. The van der Waals surface area contributed by atoms with Crippen LogP contribution in [0.15, 0.2) is 21.3 Å². The zero-order chi connectivity index (χ0) is 13.0. The predicted octanol–water partition coefficient (Wildman–Crippen LogP) is 2.75. The van der Waals surface area contributed by atoms with Crippen molar-refractivity contribution in [2.24, 2.45) is 5.92 Å². The van der Waals surface area contributed by atoms with Gasteiger partial charge in [0, 0.05) is 16.7 Å². The van der Waals surface area contributed by atoms with Gasteiger partial charge in [-0.3, -0.25) is 4.79 Å². The molecular formula is C11H12N2O3S2. The smallest absolute Gasteiger partial charge is 0.307 e.